The Bertz CT molecular complexity index is 1430. The van der Waals surface area contributed by atoms with E-state index < -0.39 is 0 Å². The van der Waals surface area contributed by atoms with E-state index in [1.807, 2.05) is 12.3 Å². The molecule has 4 nitrogen and oxygen atoms in total. The molecule has 1 saturated heterocycles. The lowest BCUT2D eigenvalue weighted by Gasteiger charge is -2.26. The van der Waals surface area contributed by atoms with Crippen LogP contribution in [-0.4, -0.2) is 27.6 Å². The van der Waals surface area contributed by atoms with Crippen LogP contribution in [-0.2, 0) is 0 Å². The molecular formula is C27H23BrN4. The summed E-state index contributed by atoms with van der Waals surface area (Å²) in [7, 11) is 0. The summed E-state index contributed by atoms with van der Waals surface area (Å²) in [5.41, 5.74) is 5.33. The van der Waals surface area contributed by atoms with E-state index in [-0.39, 0.29) is 0 Å². The summed E-state index contributed by atoms with van der Waals surface area (Å²) in [6.45, 7) is 2.04. The number of hydrogen-bond acceptors (Lipinski definition) is 3. The van der Waals surface area contributed by atoms with E-state index >= 15 is 0 Å². The van der Waals surface area contributed by atoms with Crippen LogP contribution >= 0.6 is 15.9 Å². The Morgan fingerprint density at radius 1 is 0.844 bits per heavy atom. The lowest BCUT2D eigenvalue weighted by atomic mass is 10.0. The highest BCUT2D eigenvalue weighted by molar-refractivity contribution is 9.10. The Hall–Kier alpha value is -3.02. The molecule has 0 saturated carbocycles. The van der Waals surface area contributed by atoms with Gasteiger partial charge in [-0.1, -0.05) is 70.5 Å². The second kappa shape index (κ2) is 8.15. The molecule has 0 aliphatic carbocycles. The van der Waals surface area contributed by atoms with Gasteiger partial charge in [0.25, 0.3) is 0 Å². The second-order valence-electron chi connectivity index (χ2n) is 8.36. The lowest BCUT2D eigenvalue weighted by Crippen LogP contribution is -2.29. The van der Waals surface area contributed by atoms with Gasteiger partial charge in [0.2, 0.25) is 0 Å². The molecule has 0 bridgehead atoms. The van der Waals surface area contributed by atoms with Crippen LogP contribution in [0.1, 0.15) is 18.9 Å². The summed E-state index contributed by atoms with van der Waals surface area (Å²) in [6, 6.07) is 25.9. The molecule has 158 valence electrons. The molecule has 0 radical (unpaired) electrons. The van der Waals surface area contributed by atoms with Gasteiger partial charge < -0.3 is 9.88 Å². The van der Waals surface area contributed by atoms with Gasteiger partial charge in [0.1, 0.15) is 11.3 Å². The fraction of sp³-hybridized carbons (Fsp3) is 0.185. The van der Waals surface area contributed by atoms with E-state index in [9.17, 15) is 0 Å². The van der Waals surface area contributed by atoms with E-state index in [1.54, 1.807) is 0 Å². The molecule has 0 atom stereocenters. The Balaban J connectivity index is 1.61. The molecular weight excluding hydrogens is 460 g/mol. The van der Waals surface area contributed by atoms with Crippen LogP contribution in [0.2, 0.25) is 0 Å². The van der Waals surface area contributed by atoms with E-state index in [0.717, 1.165) is 58.5 Å². The molecule has 1 aliphatic heterocycles. The number of rotatable bonds is 3. The highest BCUT2D eigenvalue weighted by atomic mass is 79.9. The van der Waals surface area contributed by atoms with Crippen molar-refractivity contribution in [3.05, 3.63) is 83.5 Å². The molecule has 5 heteroatoms. The van der Waals surface area contributed by atoms with Crippen molar-refractivity contribution in [3.8, 4) is 22.5 Å². The van der Waals surface area contributed by atoms with Crippen LogP contribution in [0.5, 0.6) is 0 Å². The summed E-state index contributed by atoms with van der Waals surface area (Å²) in [5.74, 6) is 0.986. The molecule has 0 amide bonds. The minimum atomic E-state index is 0.378. The Morgan fingerprint density at radius 3 is 2.47 bits per heavy atom. The molecule has 1 fully saturated rings. The van der Waals surface area contributed by atoms with E-state index in [4.69, 9.17) is 9.97 Å². The second-order valence-corrected chi connectivity index (χ2v) is 9.21. The third-order valence-electron chi connectivity index (χ3n) is 6.43. The van der Waals surface area contributed by atoms with Crippen molar-refractivity contribution in [2.75, 3.05) is 13.1 Å². The average molecular weight is 483 g/mol. The van der Waals surface area contributed by atoms with Crippen molar-refractivity contribution in [3.63, 3.8) is 0 Å². The number of nitrogens with one attached hydrogen (secondary N) is 1. The maximum absolute atomic E-state index is 5.23. The number of fused-ring (bicyclic) bond motifs is 2. The van der Waals surface area contributed by atoms with Crippen LogP contribution in [0, 0.1) is 0 Å². The van der Waals surface area contributed by atoms with Gasteiger partial charge in [-0.25, -0.2) is 9.97 Å². The molecule has 1 aliphatic rings. The zero-order valence-corrected chi connectivity index (χ0v) is 19.2. The van der Waals surface area contributed by atoms with Crippen LogP contribution in [0.3, 0.4) is 0 Å². The molecule has 0 spiro atoms. The summed E-state index contributed by atoms with van der Waals surface area (Å²) >= 11 is 3.75. The fourth-order valence-electron chi connectivity index (χ4n) is 4.82. The number of nitrogens with zero attached hydrogens (tertiary/aromatic N) is 3. The Labute approximate surface area is 195 Å². The van der Waals surface area contributed by atoms with Crippen LogP contribution in [0.15, 0.2) is 83.5 Å². The highest BCUT2D eigenvalue weighted by Gasteiger charge is 2.25. The summed E-state index contributed by atoms with van der Waals surface area (Å²) < 4.78 is 3.43. The zero-order chi connectivity index (χ0) is 21.5. The van der Waals surface area contributed by atoms with Crippen molar-refractivity contribution >= 4 is 37.9 Å². The van der Waals surface area contributed by atoms with Crippen molar-refractivity contribution < 1.29 is 0 Å². The van der Waals surface area contributed by atoms with Gasteiger partial charge in [-0.15, -0.1) is 0 Å². The molecule has 0 unspecified atom stereocenters. The van der Waals surface area contributed by atoms with Crippen molar-refractivity contribution in [2.24, 2.45) is 0 Å². The summed E-state index contributed by atoms with van der Waals surface area (Å²) in [6.07, 6.45) is 4.07. The smallest absolute Gasteiger partial charge is 0.161 e. The van der Waals surface area contributed by atoms with E-state index in [1.165, 1.54) is 16.3 Å². The standard InChI is InChI=1S/C27H23BrN4/c28-24-8-4-3-7-23(24)26-31-25-22(20-10-9-18-5-1-2-6-19(18)17-20)13-16-30-27(25)32(26)21-11-14-29-15-12-21/h1-10,13,16-17,21,29H,11-12,14-15H2. The maximum Gasteiger partial charge on any atom is 0.161 e. The number of hydrogen-bond donors (Lipinski definition) is 1. The van der Waals surface area contributed by atoms with Gasteiger partial charge in [0, 0.05) is 27.8 Å². The van der Waals surface area contributed by atoms with Gasteiger partial charge >= 0.3 is 0 Å². The van der Waals surface area contributed by atoms with E-state index in [2.05, 4.69) is 92.5 Å². The fourth-order valence-corrected chi connectivity index (χ4v) is 5.28. The predicted octanol–water partition coefficient (Wildman–Crippen LogP) is 6.61. The molecule has 2 aromatic heterocycles. The van der Waals surface area contributed by atoms with Crippen LogP contribution in [0.25, 0.3) is 44.5 Å². The molecule has 32 heavy (non-hydrogen) atoms. The number of pyridine rings is 1. The van der Waals surface area contributed by atoms with Gasteiger partial charge in [0.05, 0.1) is 0 Å². The Morgan fingerprint density at radius 2 is 1.62 bits per heavy atom. The monoisotopic (exact) mass is 482 g/mol. The van der Waals surface area contributed by atoms with E-state index in [0.29, 0.717) is 6.04 Å². The lowest BCUT2D eigenvalue weighted by molar-refractivity contribution is 0.376. The number of benzene rings is 3. The van der Waals surface area contributed by atoms with Gasteiger partial charge in [-0.3, -0.25) is 0 Å². The van der Waals surface area contributed by atoms with Gasteiger partial charge in [0.15, 0.2) is 5.65 Å². The van der Waals surface area contributed by atoms with Crippen molar-refractivity contribution in [1.82, 2.24) is 19.9 Å². The van der Waals surface area contributed by atoms with Crippen molar-refractivity contribution in [2.45, 2.75) is 18.9 Å². The molecule has 3 aromatic carbocycles. The first-order chi connectivity index (χ1) is 15.8. The number of aromatic nitrogens is 3. The molecule has 5 aromatic rings. The topological polar surface area (TPSA) is 42.7 Å². The zero-order valence-electron chi connectivity index (χ0n) is 17.6. The minimum absolute atomic E-state index is 0.378. The SMILES string of the molecule is Brc1ccccc1-c1nc2c(-c3ccc4ccccc4c3)ccnc2n1C1CCNCC1. The third-order valence-corrected chi connectivity index (χ3v) is 7.12. The Kier molecular flexibility index (Phi) is 5.01. The van der Waals surface area contributed by atoms with Crippen molar-refractivity contribution in [1.29, 1.82) is 0 Å². The first-order valence-corrected chi connectivity index (χ1v) is 11.9. The average Bonchev–Trinajstić information content (AvgIpc) is 3.24. The predicted molar refractivity (Wildman–Crippen MR) is 135 cm³/mol. The normalized spacial score (nSPS) is 14.9. The first kappa shape index (κ1) is 19.6. The minimum Gasteiger partial charge on any atom is -0.317 e. The third kappa shape index (κ3) is 3.33. The summed E-state index contributed by atoms with van der Waals surface area (Å²) in [5, 5.41) is 5.97. The number of piperidine rings is 1. The highest BCUT2D eigenvalue weighted by Crippen LogP contribution is 2.38. The van der Waals surface area contributed by atoms with Crippen LogP contribution in [0.4, 0.5) is 0 Å². The first-order valence-electron chi connectivity index (χ1n) is 11.1. The molecule has 1 N–H and O–H groups in total. The van der Waals surface area contributed by atoms with Gasteiger partial charge in [-0.05, 0) is 60.5 Å². The van der Waals surface area contributed by atoms with Gasteiger partial charge in [-0.2, -0.15) is 0 Å². The quantitative estimate of drug-likeness (QED) is 0.314. The largest absolute Gasteiger partial charge is 0.317 e. The van der Waals surface area contributed by atoms with Crippen LogP contribution < -0.4 is 5.32 Å². The number of imidazole rings is 1. The maximum atomic E-state index is 5.23. The number of halogens is 1. The molecule has 6 rings (SSSR count). The molecule has 3 heterocycles. The summed E-state index contributed by atoms with van der Waals surface area (Å²) in [4.78, 5) is 10.1.